The van der Waals surface area contributed by atoms with Crippen LogP contribution >= 0.6 is 0 Å². The summed E-state index contributed by atoms with van der Waals surface area (Å²) in [4.78, 5) is 30.3. The third-order valence-electron chi connectivity index (χ3n) is 4.95. The molecule has 3 N–H and O–H groups in total. The molecule has 2 amide bonds. The molecule has 4 rings (SSSR count). The zero-order valence-electron chi connectivity index (χ0n) is 13.7. The van der Waals surface area contributed by atoms with Crippen LogP contribution in [0.1, 0.15) is 12.0 Å². The topological polar surface area (TPSA) is 94.6 Å². The van der Waals surface area contributed by atoms with Gasteiger partial charge in [0.25, 0.3) is 0 Å². The number of nitrogens with one attached hydrogen (secondary N) is 2. The zero-order valence-corrected chi connectivity index (χ0v) is 13.7. The molecule has 7 nitrogen and oxygen atoms in total. The number of aromatic nitrogens is 1. The molecule has 2 aliphatic rings. The van der Waals surface area contributed by atoms with Crippen LogP contribution in [0.2, 0.25) is 0 Å². The minimum absolute atomic E-state index is 0.0572. The zero-order chi connectivity index (χ0) is 17.4. The van der Waals surface area contributed by atoms with Crippen LogP contribution in [0.3, 0.4) is 0 Å². The van der Waals surface area contributed by atoms with Gasteiger partial charge in [-0.25, -0.2) is 0 Å². The Labute approximate surface area is 145 Å². The van der Waals surface area contributed by atoms with Gasteiger partial charge < -0.3 is 20.6 Å². The van der Waals surface area contributed by atoms with Crippen LogP contribution in [-0.4, -0.2) is 58.1 Å². The van der Waals surface area contributed by atoms with Crippen LogP contribution in [0, 0.1) is 0 Å². The third kappa shape index (κ3) is 2.96. The van der Waals surface area contributed by atoms with Crippen molar-refractivity contribution >= 4 is 22.7 Å². The van der Waals surface area contributed by atoms with Crippen molar-refractivity contribution in [2.24, 2.45) is 0 Å². The molecule has 130 valence electrons. The molecule has 25 heavy (non-hydrogen) atoms. The lowest BCUT2D eigenvalue weighted by Gasteiger charge is -2.33. The van der Waals surface area contributed by atoms with Gasteiger partial charge in [-0.3, -0.25) is 14.6 Å². The monoisotopic (exact) mass is 340 g/mol. The number of pyridine rings is 1. The van der Waals surface area contributed by atoms with Gasteiger partial charge in [0.05, 0.1) is 12.1 Å². The number of amides is 2. The molecule has 1 aromatic heterocycles. The molecule has 3 heterocycles. The second kappa shape index (κ2) is 6.42. The summed E-state index contributed by atoms with van der Waals surface area (Å²) in [5.74, 6) is -0.382. The van der Waals surface area contributed by atoms with Crippen molar-refractivity contribution in [3.8, 4) is 0 Å². The fourth-order valence-electron chi connectivity index (χ4n) is 3.63. The first-order chi connectivity index (χ1) is 12.2. The molecular formula is C18H20N4O3. The highest BCUT2D eigenvalue weighted by Crippen LogP contribution is 2.23. The van der Waals surface area contributed by atoms with Crippen LogP contribution in [-0.2, 0) is 16.1 Å². The Bertz CT molecular complexity index is 825. The first-order valence-electron chi connectivity index (χ1n) is 8.44. The molecule has 2 aromatic rings. The van der Waals surface area contributed by atoms with Crippen molar-refractivity contribution in [3.05, 3.63) is 42.1 Å². The minimum atomic E-state index is -0.810. The van der Waals surface area contributed by atoms with E-state index in [0.717, 1.165) is 16.5 Å². The van der Waals surface area contributed by atoms with E-state index in [0.29, 0.717) is 19.5 Å². The SMILES string of the molecule is O=C1N[C@@H](CO)C(=O)N2C[C@@H](NCc3ccc4ncccc4c3)C[C@@H]12. The fourth-order valence-corrected chi connectivity index (χ4v) is 3.63. The Morgan fingerprint density at radius 3 is 3.04 bits per heavy atom. The Hall–Kier alpha value is -2.51. The van der Waals surface area contributed by atoms with Crippen molar-refractivity contribution < 1.29 is 14.7 Å². The predicted octanol–water partition coefficient (Wildman–Crippen LogP) is -0.215. The smallest absolute Gasteiger partial charge is 0.248 e. The van der Waals surface area contributed by atoms with Gasteiger partial charge in [0, 0.05) is 30.7 Å². The van der Waals surface area contributed by atoms with Crippen LogP contribution in [0.25, 0.3) is 10.9 Å². The third-order valence-corrected chi connectivity index (χ3v) is 4.95. The van der Waals surface area contributed by atoms with Crippen molar-refractivity contribution in [2.45, 2.75) is 31.1 Å². The van der Waals surface area contributed by atoms with Gasteiger partial charge in [0.15, 0.2) is 0 Å². The Morgan fingerprint density at radius 2 is 2.20 bits per heavy atom. The van der Waals surface area contributed by atoms with E-state index >= 15 is 0 Å². The van der Waals surface area contributed by atoms with E-state index in [-0.39, 0.29) is 24.5 Å². The molecule has 3 atom stereocenters. The summed E-state index contributed by atoms with van der Waals surface area (Å²) in [5, 5.41) is 16.3. The maximum atomic E-state index is 12.3. The van der Waals surface area contributed by atoms with E-state index in [2.05, 4.69) is 21.7 Å². The van der Waals surface area contributed by atoms with Crippen molar-refractivity contribution in [1.29, 1.82) is 0 Å². The largest absolute Gasteiger partial charge is 0.394 e. The number of aliphatic hydroxyl groups excluding tert-OH is 1. The summed E-state index contributed by atoms with van der Waals surface area (Å²) < 4.78 is 0. The molecule has 0 saturated carbocycles. The Morgan fingerprint density at radius 1 is 1.32 bits per heavy atom. The van der Waals surface area contributed by atoms with Gasteiger partial charge in [-0.15, -0.1) is 0 Å². The number of hydrogen-bond acceptors (Lipinski definition) is 5. The van der Waals surface area contributed by atoms with Gasteiger partial charge >= 0.3 is 0 Å². The average molecular weight is 340 g/mol. The van der Waals surface area contributed by atoms with E-state index in [1.54, 1.807) is 11.1 Å². The summed E-state index contributed by atoms with van der Waals surface area (Å²) in [6, 6.07) is 8.87. The second-order valence-corrected chi connectivity index (χ2v) is 6.59. The number of carbonyl (C=O) groups excluding carboxylic acids is 2. The van der Waals surface area contributed by atoms with Crippen molar-refractivity contribution in [2.75, 3.05) is 13.2 Å². The number of aliphatic hydroxyl groups is 1. The van der Waals surface area contributed by atoms with E-state index in [4.69, 9.17) is 0 Å². The van der Waals surface area contributed by atoms with Gasteiger partial charge in [0.2, 0.25) is 11.8 Å². The van der Waals surface area contributed by atoms with Crippen LogP contribution in [0.4, 0.5) is 0 Å². The molecule has 2 fully saturated rings. The number of carbonyl (C=O) groups is 2. The van der Waals surface area contributed by atoms with E-state index < -0.39 is 12.1 Å². The Balaban J connectivity index is 1.42. The second-order valence-electron chi connectivity index (χ2n) is 6.59. The summed E-state index contributed by atoms with van der Waals surface area (Å²) in [6.45, 7) is 0.787. The standard InChI is InChI=1S/C18H20N4O3/c23-10-15-18(25)22-9-13(7-16(22)17(24)21-15)20-8-11-3-4-14-12(6-11)2-1-5-19-14/h1-6,13,15-16,20,23H,7-10H2,(H,21,24)/t13-,15-,16-/m0/s1. The number of rotatable bonds is 4. The molecular weight excluding hydrogens is 320 g/mol. The summed E-state index contributed by atoms with van der Waals surface area (Å²) in [5.41, 5.74) is 2.09. The quantitative estimate of drug-likeness (QED) is 0.716. The van der Waals surface area contributed by atoms with Gasteiger partial charge in [-0.1, -0.05) is 12.1 Å². The maximum absolute atomic E-state index is 12.3. The molecule has 0 unspecified atom stereocenters. The van der Waals surface area contributed by atoms with E-state index in [1.807, 2.05) is 24.3 Å². The van der Waals surface area contributed by atoms with Crippen LogP contribution in [0.5, 0.6) is 0 Å². The molecule has 1 aromatic carbocycles. The lowest BCUT2D eigenvalue weighted by molar-refractivity contribution is -0.148. The lowest BCUT2D eigenvalue weighted by atomic mass is 10.1. The predicted molar refractivity (Wildman–Crippen MR) is 91.5 cm³/mol. The molecule has 7 heteroatoms. The van der Waals surface area contributed by atoms with Gasteiger partial charge in [-0.05, 0) is 30.2 Å². The number of hydrogen-bond donors (Lipinski definition) is 3. The molecule has 0 spiro atoms. The van der Waals surface area contributed by atoms with Crippen molar-refractivity contribution in [3.63, 3.8) is 0 Å². The van der Waals surface area contributed by atoms with Gasteiger partial charge in [0.1, 0.15) is 12.1 Å². The normalized spacial score (nSPS) is 26.0. The minimum Gasteiger partial charge on any atom is -0.394 e. The molecule has 2 saturated heterocycles. The van der Waals surface area contributed by atoms with Crippen molar-refractivity contribution in [1.82, 2.24) is 20.5 Å². The first-order valence-corrected chi connectivity index (χ1v) is 8.44. The first kappa shape index (κ1) is 16.0. The highest BCUT2D eigenvalue weighted by molar-refractivity contribution is 5.97. The number of piperazine rings is 1. The number of benzene rings is 1. The van der Waals surface area contributed by atoms with Gasteiger partial charge in [-0.2, -0.15) is 0 Å². The molecule has 0 radical (unpaired) electrons. The van der Waals surface area contributed by atoms with Crippen LogP contribution in [0.15, 0.2) is 36.5 Å². The lowest BCUT2D eigenvalue weighted by Crippen LogP contribution is -2.62. The highest BCUT2D eigenvalue weighted by Gasteiger charge is 2.45. The van der Waals surface area contributed by atoms with E-state index in [1.165, 1.54) is 0 Å². The Kier molecular flexibility index (Phi) is 4.10. The molecule has 0 bridgehead atoms. The van der Waals surface area contributed by atoms with Crippen LogP contribution < -0.4 is 10.6 Å². The maximum Gasteiger partial charge on any atom is 0.248 e. The summed E-state index contributed by atoms with van der Waals surface area (Å²) >= 11 is 0. The van der Waals surface area contributed by atoms with E-state index in [9.17, 15) is 14.7 Å². The highest BCUT2D eigenvalue weighted by atomic mass is 16.3. The summed E-state index contributed by atoms with van der Waals surface area (Å²) in [7, 11) is 0. The number of fused-ring (bicyclic) bond motifs is 2. The summed E-state index contributed by atoms with van der Waals surface area (Å²) in [6.07, 6.45) is 2.36. The molecule has 2 aliphatic heterocycles. The average Bonchev–Trinajstić information content (AvgIpc) is 3.08. The fraction of sp³-hybridized carbons (Fsp3) is 0.389. The molecule has 0 aliphatic carbocycles. The number of nitrogens with zero attached hydrogens (tertiary/aromatic N) is 2.